The molecular formula is C9H13N3OS2. The molecule has 0 unspecified atom stereocenters. The van der Waals surface area contributed by atoms with E-state index in [1.807, 2.05) is 6.26 Å². The van der Waals surface area contributed by atoms with Gasteiger partial charge >= 0.3 is 0 Å². The van der Waals surface area contributed by atoms with Crippen LogP contribution in [0.15, 0.2) is 5.16 Å². The highest BCUT2D eigenvalue weighted by Crippen LogP contribution is 2.33. The van der Waals surface area contributed by atoms with E-state index in [-0.39, 0.29) is 5.91 Å². The first-order chi connectivity index (χ1) is 7.28. The molecule has 0 atom stereocenters. The molecular weight excluding hydrogens is 230 g/mol. The van der Waals surface area contributed by atoms with Gasteiger partial charge in [0.25, 0.3) is 0 Å². The summed E-state index contributed by atoms with van der Waals surface area (Å²) in [5.74, 6) is 0.859. The maximum Gasteiger partial charge on any atom is 0.226 e. The number of nitrogens with one attached hydrogen (secondary N) is 1. The predicted octanol–water partition coefficient (Wildman–Crippen LogP) is 2.39. The van der Waals surface area contributed by atoms with Crippen LogP contribution in [0.5, 0.6) is 0 Å². The van der Waals surface area contributed by atoms with Gasteiger partial charge in [-0.3, -0.25) is 4.79 Å². The number of amides is 1. The molecule has 1 amide bonds. The summed E-state index contributed by atoms with van der Waals surface area (Å²) in [4.78, 5) is 15.6. The van der Waals surface area contributed by atoms with Gasteiger partial charge in [0.15, 0.2) is 0 Å². The van der Waals surface area contributed by atoms with Gasteiger partial charge in [-0.05, 0) is 18.6 Å². The molecule has 0 saturated heterocycles. The Labute approximate surface area is 97.0 Å². The van der Waals surface area contributed by atoms with Crippen LogP contribution >= 0.6 is 23.3 Å². The molecule has 1 aromatic heterocycles. The van der Waals surface area contributed by atoms with Gasteiger partial charge in [-0.2, -0.15) is 9.36 Å². The lowest BCUT2D eigenvalue weighted by Crippen LogP contribution is -2.11. The van der Waals surface area contributed by atoms with Crippen LogP contribution in [0.4, 0.5) is 5.13 Å². The molecule has 1 N–H and O–H groups in total. The summed E-state index contributed by atoms with van der Waals surface area (Å²) in [5, 5.41) is 4.10. The van der Waals surface area contributed by atoms with Gasteiger partial charge in [0.1, 0.15) is 0 Å². The van der Waals surface area contributed by atoms with Crippen LogP contribution in [-0.2, 0) is 4.79 Å². The van der Waals surface area contributed by atoms with Crippen molar-refractivity contribution < 1.29 is 4.79 Å². The predicted molar refractivity (Wildman–Crippen MR) is 62.3 cm³/mol. The van der Waals surface area contributed by atoms with Gasteiger partial charge in [-0.25, -0.2) is 0 Å². The second kappa shape index (κ2) is 4.94. The molecule has 1 heterocycles. The number of nitrogens with zero attached hydrogens (tertiary/aromatic N) is 2. The first-order valence-electron chi connectivity index (χ1n) is 4.95. The molecule has 1 aliphatic rings. The highest BCUT2D eigenvalue weighted by Gasteiger charge is 2.22. The van der Waals surface area contributed by atoms with Crippen molar-refractivity contribution in [3.8, 4) is 0 Å². The Hall–Kier alpha value is -0.620. The Kier molecular flexibility index (Phi) is 3.58. The Bertz CT molecular complexity index is 349. The van der Waals surface area contributed by atoms with Crippen molar-refractivity contribution in [2.24, 2.45) is 5.92 Å². The molecule has 0 aliphatic heterocycles. The Morgan fingerprint density at radius 1 is 1.67 bits per heavy atom. The number of thioether (sulfide) groups is 1. The van der Waals surface area contributed by atoms with E-state index in [0.29, 0.717) is 11.6 Å². The van der Waals surface area contributed by atoms with Crippen LogP contribution in [0, 0.1) is 5.92 Å². The number of hydrogen-bond donors (Lipinski definition) is 1. The molecule has 1 fully saturated rings. The van der Waals surface area contributed by atoms with E-state index < -0.39 is 0 Å². The van der Waals surface area contributed by atoms with Gasteiger partial charge in [0, 0.05) is 18.0 Å². The average Bonchev–Trinajstić information content (AvgIpc) is 2.96. The van der Waals surface area contributed by atoms with E-state index in [1.165, 1.54) is 36.1 Å². The number of carbonyl (C=O) groups is 1. The summed E-state index contributed by atoms with van der Waals surface area (Å²) in [6.07, 6.45) is 6.13. The van der Waals surface area contributed by atoms with Crippen molar-refractivity contribution in [2.75, 3.05) is 11.6 Å². The summed E-state index contributed by atoms with van der Waals surface area (Å²) in [6, 6.07) is 0. The van der Waals surface area contributed by atoms with Crippen molar-refractivity contribution in [1.82, 2.24) is 9.36 Å². The maximum atomic E-state index is 11.5. The fraction of sp³-hybridized carbons (Fsp3) is 0.667. The van der Waals surface area contributed by atoms with E-state index in [9.17, 15) is 4.79 Å². The number of aromatic nitrogens is 2. The first kappa shape index (κ1) is 10.9. The third-order valence-electron chi connectivity index (χ3n) is 2.31. The lowest BCUT2D eigenvalue weighted by molar-refractivity contribution is -0.116. The van der Waals surface area contributed by atoms with Crippen LogP contribution in [0.2, 0.25) is 0 Å². The van der Waals surface area contributed by atoms with E-state index in [4.69, 9.17) is 0 Å². The topological polar surface area (TPSA) is 54.9 Å². The van der Waals surface area contributed by atoms with Crippen molar-refractivity contribution in [1.29, 1.82) is 0 Å². The monoisotopic (exact) mass is 243 g/mol. The molecule has 6 heteroatoms. The molecule has 0 aromatic carbocycles. The molecule has 0 bridgehead atoms. The normalized spacial score (nSPS) is 15.3. The first-order valence-corrected chi connectivity index (χ1v) is 6.95. The standard InChI is InChI=1S/C9H13N3OS2/c1-14-9-11-8(15-12-9)10-7(13)5-4-6-2-3-6/h6H,2-5H2,1H3,(H,10,11,12,13). The quantitative estimate of drug-likeness (QED) is 0.807. The molecule has 82 valence electrons. The maximum absolute atomic E-state index is 11.5. The van der Waals surface area contributed by atoms with Gasteiger partial charge in [-0.15, -0.1) is 0 Å². The minimum absolute atomic E-state index is 0.0608. The van der Waals surface area contributed by atoms with Crippen LogP contribution in [0.1, 0.15) is 25.7 Å². The lowest BCUT2D eigenvalue weighted by atomic mass is 10.2. The highest BCUT2D eigenvalue weighted by molar-refractivity contribution is 7.98. The van der Waals surface area contributed by atoms with E-state index in [0.717, 1.165) is 17.5 Å². The summed E-state index contributed by atoms with van der Waals surface area (Å²) >= 11 is 2.72. The summed E-state index contributed by atoms with van der Waals surface area (Å²) < 4.78 is 4.07. The number of carbonyl (C=O) groups excluding carboxylic acids is 1. The smallest absolute Gasteiger partial charge is 0.226 e. The lowest BCUT2D eigenvalue weighted by Gasteiger charge is -1.99. The molecule has 2 rings (SSSR count). The fourth-order valence-corrected chi connectivity index (χ4v) is 2.41. The average molecular weight is 243 g/mol. The second-order valence-electron chi connectivity index (χ2n) is 3.62. The third-order valence-corrected chi connectivity index (χ3v) is 3.61. The van der Waals surface area contributed by atoms with Crippen LogP contribution < -0.4 is 5.32 Å². The van der Waals surface area contributed by atoms with Crippen LogP contribution in [0.25, 0.3) is 0 Å². The molecule has 0 spiro atoms. The minimum Gasteiger partial charge on any atom is -0.301 e. The van der Waals surface area contributed by atoms with Crippen molar-refractivity contribution in [3.05, 3.63) is 0 Å². The van der Waals surface area contributed by atoms with Crippen molar-refractivity contribution in [2.45, 2.75) is 30.8 Å². The Balaban J connectivity index is 1.76. The molecule has 0 radical (unpaired) electrons. The van der Waals surface area contributed by atoms with Crippen molar-refractivity contribution in [3.63, 3.8) is 0 Å². The Morgan fingerprint density at radius 2 is 2.47 bits per heavy atom. The highest BCUT2D eigenvalue weighted by atomic mass is 32.2. The van der Waals surface area contributed by atoms with Crippen LogP contribution in [-0.4, -0.2) is 21.5 Å². The summed E-state index contributed by atoms with van der Waals surface area (Å²) in [6.45, 7) is 0. The molecule has 1 aromatic rings. The van der Waals surface area contributed by atoms with E-state index in [2.05, 4.69) is 14.7 Å². The van der Waals surface area contributed by atoms with Crippen LogP contribution in [0.3, 0.4) is 0 Å². The zero-order valence-electron chi connectivity index (χ0n) is 8.52. The number of hydrogen-bond acceptors (Lipinski definition) is 5. The third kappa shape index (κ3) is 3.46. The van der Waals surface area contributed by atoms with Gasteiger partial charge < -0.3 is 5.32 Å². The number of rotatable bonds is 5. The SMILES string of the molecule is CSc1nsc(NC(=O)CCC2CC2)n1. The minimum atomic E-state index is 0.0608. The van der Waals surface area contributed by atoms with Gasteiger partial charge in [-0.1, -0.05) is 24.6 Å². The molecule has 1 aliphatic carbocycles. The van der Waals surface area contributed by atoms with Crippen molar-refractivity contribution >= 4 is 34.3 Å². The summed E-state index contributed by atoms with van der Waals surface area (Å²) in [7, 11) is 0. The number of anilines is 1. The Morgan fingerprint density at radius 3 is 3.07 bits per heavy atom. The zero-order chi connectivity index (χ0) is 10.7. The zero-order valence-corrected chi connectivity index (χ0v) is 10.2. The van der Waals surface area contributed by atoms with Gasteiger partial charge in [0.2, 0.25) is 16.2 Å². The van der Waals surface area contributed by atoms with E-state index >= 15 is 0 Å². The largest absolute Gasteiger partial charge is 0.301 e. The molecule has 15 heavy (non-hydrogen) atoms. The summed E-state index contributed by atoms with van der Waals surface area (Å²) in [5.41, 5.74) is 0. The second-order valence-corrected chi connectivity index (χ2v) is 5.14. The fourth-order valence-electron chi connectivity index (χ4n) is 1.27. The van der Waals surface area contributed by atoms with E-state index in [1.54, 1.807) is 0 Å². The molecule has 4 nitrogen and oxygen atoms in total. The van der Waals surface area contributed by atoms with Gasteiger partial charge in [0.05, 0.1) is 0 Å². The molecule has 1 saturated carbocycles.